The highest BCUT2D eigenvalue weighted by Crippen LogP contribution is 2.35. The van der Waals surface area contributed by atoms with Crippen molar-refractivity contribution in [1.82, 2.24) is 4.73 Å². The number of nitrogens with zero attached hydrogens (tertiary/aromatic N) is 1. The Morgan fingerprint density at radius 2 is 1.80 bits per heavy atom. The van der Waals surface area contributed by atoms with Gasteiger partial charge in [0.25, 0.3) is 0 Å². The third kappa shape index (κ3) is 4.76. The lowest BCUT2D eigenvalue weighted by atomic mass is 10.0. The molecule has 0 saturated heterocycles. The molecule has 2 aromatic carbocycles. The normalized spacial score (nSPS) is 12.2. The number of methoxy groups -OCH3 is 1. The van der Waals surface area contributed by atoms with Gasteiger partial charge in [0.15, 0.2) is 0 Å². The largest absolute Gasteiger partial charge is 0.465 e. The Hall–Kier alpha value is -3.00. The van der Waals surface area contributed by atoms with Crippen molar-refractivity contribution in [2.24, 2.45) is 0 Å². The van der Waals surface area contributed by atoms with Crippen LogP contribution in [-0.4, -0.2) is 30.2 Å². The topological polar surface area (TPSA) is 49.7 Å². The zero-order valence-electron chi connectivity index (χ0n) is 17.0. The first-order chi connectivity index (χ1) is 14.0. The van der Waals surface area contributed by atoms with Crippen molar-refractivity contribution in [3.8, 4) is 11.1 Å². The molecule has 0 saturated carbocycles. The van der Waals surface area contributed by atoms with E-state index in [4.69, 9.17) is 14.3 Å². The van der Waals surface area contributed by atoms with Crippen molar-refractivity contribution in [2.45, 2.75) is 32.5 Å². The van der Waals surface area contributed by atoms with Crippen molar-refractivity contribution < 1.29 is 32.3 Å². The van der Waals surface area contributed by atoms with Crippen LogP contribution in [0.25, 0.3) is 22.0 Å². The van der Waals surface area contributed by atoms with Gasteiger partial charge in [0.2, 0.25) is 6.79 Å². The summed E-state index contributed by atoms with van der Waals surface area (Å²) in [7, 11) is 1.27. The summed E-state index contributed by atoms with van der Waals surface area (Å²) in [5.41, 5.74) is 0.513. The van der Waals surface area contributed by atoms with Gasteiger partial charge in [-0.25, -0.2) is 4.79 Å². The predicted octanol–water partition coefficient (Wildman–Crippen LogP) is 5.31. The van der Waals surface area contributed by atoms with Crippen molar-refractivity contribution in [1.29, 1.82) is 0 Å². The first kappa shape index (κ1) is 21.7. The van der Waals surface area contributed by atoms with Crippen LogP contribution >= 0.6 is 0 Å². The Morgan fingerprint density at radius 1 is 1.07 bits per heavy atom. The predicted molar refractivity (Wildman–Crippen MR) is 106 cm³/mol. The van der Waals surface area contributed by atoms with Gasteiger partial charge in [-0.3, -0.25) is 0 Å². The number of esters is 1. The SMILES string of the molecule is COC(=O)c1ccc2c(-c3cccc(C(F)(F)F)c3)cn(OCOC(C)(C)C)c2c1. The van der Waals surface area contributed by atoms with Gasteiger partial charge in [0.05, 0.1) is 35.6 Å². The molecule has 0 radical (unpaired) electrons. The molecule has 30 heavy (non-hydrogen) atoms. The summed E-state index contributed by atoms with van der Waals surface area (Å²) >= 11 is 0. The molecule has 0 N–H and O–H groups in total. The van der Waals surface area contributed by atoms with Crippen molar-refractivity contribution in [2.75, 3.05) is 13.9 Å². The van der Waals surface area contributed by atoms with Crippen LogP contribution in [0.15, 0.2) is 48.7 Å². The molecule has 0 fully saturated rings. The molecule has 0 aliphatic carbocycles. The molecule has 0 amide bonds. The van der Waals surface area contributed by atoms with Crippen LogP contribution in [0, 0.1) is 0 Å². The lowest BCUT2D eigenvalue weighted by molar-refractivity contribution is -0.137. The fraction of sp³-hybridized carbons (Fsp3) is 0.318. The molecule has 0 aliphatic heterocycles. The molecular weight excluding hydrogens is 399 g/mol. The number of carbonyl (C=O) groups is 1. The van der Waals surface area contributed by atoms with Crippen LogP contribution in [0.1, 0.15) is 36.7 Å². The number of alkyl halides is 3. The Morgan fingerprint density at radius 3 is 2.43 bits per heavy atom. The maximum Gasteiger partial charge on any atom is 0.416 e. The van der Waals surface area contributed by atoms with Gasteiger partial charge in [-0.2, -0.15) is 17.9 Å². The number of carbonyl (C=O) groups excluding carboxylic acids is 1. The van der Waals surface area contributed by atoms with Crippen molar-refractivity contribution >= 4 is 16.9 Å². The van der Waals surface area contributed by atoms with Gasteiger partial charge in [-0.15, -0.1) is 0 Å². The second kappa shape index (κ2) is 8.02. The summed E-state index contributed by atoms with van der Waals surface area (Å²) in [6.07, 6.45) is -2.88. The third-order valence-electron chi connectivity index (χ3n) is 4.38. The number of hydrogen-bond acceptors (Lipinski definition) is 4. The number of fused-ring (bicyclic) bond motifs is 1. The number of ether oxygens (including phenoxy) is 2. The summed E-state index contributed by atoms with van der Waals surface area (Å²) in [6.45, 7) is 5.52. The Kier molecular flexibility index (Phi) is 5.81. The van der Waals surface area contributed by atoms with E-state index in [-0.39, 0.29) is 6.79 Å². The molecule has 160 valence electrons. The van der Waals surface area contributed by atoms with Crippen LogP contribution in [0.3, 0.4) is 0 Å². The molecule has 0 bridgehead atoms. The second-order valence-electron chi connectivity index (χ2n) is 7.67. The fourth-order valence-corrected chi connectivity index (χ4v) is 2.90. The minimum Gasteiger partial charge on any atom is -0.465 e. The Labute approximate surface area is 171 Å². The monoisotopic (exact) mass is 421 g/mol. The number of hydrogen-bond donors (Lipinski definition) is 0. The number of halogens is 3. The van der Waals surface area contributed by atoms with Gasteiger partial charge < -0.3 is 14.3 Å². The zero-order chi connectivity index (χ0) is 22.1. The first-order valence-electron chi connectivity index (χ1n) is 9.18. The lowest BCUT2D eigenvalue weighted by Gasteiger charge is -2.19. The highest BCUT2D eigenvalue weighted by molar-refractivity contribution is 6.00. The van der Waals surface area contributed by atoms with Gasteiger partial charge in [-0.1, -0.05) is 18.2 Å². The van der Waals surface area contributed by atoms with Crippen LogP contribution in [-0.2, 0) is 15.7 Å². The third-order valence-corrected chi connectivity index (χ3v) is 4.38. The van der Waals surface area contributed by atoms with E-state index < -0.39 is 23.3 Å². The first-order valence-corrected chi connectivity index (χ1v) is 9.18. The van der Waals surface area contributed by atoms with Crippen LogP contribution in [0.2, 0.25) is 0 Å². The highest BCUT2D eigenvalue weighted by atomic mass is 19.4. The smallest absolute Gasteiger partial charge is 0.416 e. The van der Waals surface area contributed by atoms with E-state index in [9.17, 15) is 18.0 Å². The summed E-state index contributed by atoms with van der Waals surface area (Å²) in [5, 5.41) is 0.623. The van der Waals surface area contributed by atoms with E-state index in [0.29, 0.717) is 27.6 Å². The summed E-state index contributed by atoms with van der Waals surface area (Å²) in [4.78, 5) is 17.6. The van der Waals surface area contributed by atoms with Gasteiger partial charge >= 0.3 is 12.1 Å². The van der Waals surface area contributed by atoms with E-state index in [1.54, 1.807) is 30.5 Å². The minimum absolute atomic E-state index is 0.0856. The molecule has 5 nitrogen and oxygen atoms in total. The molecule has 1 heterocycles. The molecule has 0 aliphatic rings. The van der Waals surface area contributed by atoms with Crippen LogP contribution < -0.4 is 4.84 Å². The molecule has 8 heteroatoms. The van der Waals surface area contributed by atoms with Crippen molar-refractivity contribution in [3.05, 3.63) is 59.8 Å². The Balaban J connectivity index is 2.10. The van der Waals surface area contributed by atoms with Gasteiger partial charge in [0, 0.05) is 10.9 Å². The summed E-state index contributed by atoms with van der Waals surface area (Å²) in [5.74, 6) is -0.531. The molecule has 0 atom stereocenters. The maximum atomic E-state index is 13.2. The molecule has 3 aromatic rings. The van der Waals surface area contributed by atoms with Crippen LogP contribution in [0.5, 0.6) is 0 Å². The minimum atomic E-state index is -4.45. The van der Waals surface area contributed by atoms with E-state index in [1.807, 2.05) is 20.8 Å². The molecule has 0 unspecified atom stereocenters. The van der Waals surface area contributed by atoms with E-state index in [0.717, 1.165) is 12.1 Å². The molecule has 3 rings (SSSR count). The van der Waals surface area contributed by atoms with Gasteiger partial charge in [-0.05, 0) is 50.6 Å². The van der Waals surface area contributed by atoms with E-state index >= 15 is 0 Å². The van der Waals surface area contributed by atoms with Crippen molar-refractivity contribution in [3.63, 3.8) is 0 Å². The zero-order valence-corrected chi connectivity index (χ0v) is 17.0. The second-order valence-corrected chi connectivity index (χ2v) is 7.67. The number of aromatic nitrogens is 1. The summed E-state index contributed by atoms with van der Waals surface area (Å²) in [6, 6.07) is 9.82. The standard InChI is InChI=1S/C22H22F3NO4/c1-21(2,3)29-13-30-26-12-18(14-6-5-7-16(10-14)22(23,24)25)17-9-8-15(11-19(17)26)20(27)28-4/h5-12H,13H2,1-4H3. The molecule has 1 aromatic heterocycles. The fourth-order valence-electron chi connectivity index (χ4n) is 2.90. The van der Waals surface area contributed by atoms with Crippen LogP contribution in [0.4, 0.5) is 13.2 Å². The van der Waals surface area contributed by atoms with E-state index in [2.05, 4.69) is 0 Å². The van der Waals surface area contributed by atoms with Gasteiger partial charge in [0.1, 0.15) is 0 Å². The lowest BCUT2D eigenvalue weighted by Crippen LogP contribution is -2.25. The number of benzene rings is 2. The molecule has 0 spiro atoms. The average Bonchev–Trinajstić information content (AvgIpc) is 3.04. The maximum absolute atomic E-state index is 13.2. The Bertz CT molecular complexity index is 1060. The quantitative estimate of drug-likeness (QED) is 0.414. The number of rotatable bonds is 5. The average molecular weight is 421 g/mol. The summed E-state index contributed by atoms with van der Waals surface area (Å²) < 4.78 is 51.2. The van der Waals surface area contributed by atoms with E-state index in [1.165, 1.54) is 17.9 Å². The highest BCUT2D eigenvalue weighted by Gasteiger charge is 2.30. The molecular formula is C22H22F3NO4.